The smallest absolute Gasteiger partial charge is 0.315 e. The summed E-state index contributed by atoms with van der Waals surface area (Å²) in [5, 5.41) is 15.3. The largest absolute Gasteiger partial charge is 0.394 e. The topological polar surface area (TPSA) is 70.6 Å². The first-order valence-electron chi connectivity index (χ1n) is 7.50. The zero-order chi connectivity index (χ0) is 15.1. The van der Waals surface area contributed by atoms with Crippen LogP contribution in [-0.4, -0.2) is 37.0 Å². The molecule has 116 valence electrons. The van der Waals surface area contributed by atoms with E-state index in [0.29, 0.717) is 0 Å². The molecule has 2 rings (SSSR count). The summed E-state index contributed by atoms with van der Waals surface area (Å²) in [6, 6.07) is 8.85. The molecule has 1 saturated carbocycles. The lowest BCUT2D eigenvalue weighted by Crippen LogP contribution is -2.50. The predicted octanol–water partition coefficient (Wildman–Crippen LogP) is 1.98. The Hall–Kier alpha value is -1.59. The van der Waals surface area contributed by atoms with E-state index < -0.39 is 6.04 Å². The Balaban J connectivity index is 1.90. The summed E-state index contributed by atoms with van der Waals surface area (Å²) in [4.78, 5) is 12.1. The second-order valence-electron chi connectivity index (χ2n) is 5.43. The fourth-order valence-electron chi connectivity index (χ4n) is 2.83. The number of aliphatic hydroxyl groups excluding tert-OH is 1. The summed E-state index contributed by atoms with van der Waals surface area (Å²) in [6.45, 7) is -0.129. The summed E-state index contributed by atoms with van der Waals surface area (Å²) >= 11 is 0. The van der Waals surface area contributed by atoms with Crippen molar-refractivity contribution in [3.8, 4) is 0 Å². The second-order valence-corrected chi connectivity index (χ2v) is 5.43. The monoisotopic (exact) mass is 292 g/mol. The van der Waals surface area contributed by atoms with E-state index in [1.165, 1.54) is 0 Å². The van der Waals surface area contributed by atoms with Gasteiger partial charge in [-0.2, -0.15) is 0 Å². The van der Waals surface area contributed by atoms with Crippen LogP contribution in [0, 0.1) is 0 Å². The van der Waals surface area contributed by atoms with Crippen LogP contribution >= 0.6 is 0 Å². The number of amides is 2. The third-order valence-corrected chi connectivity index (χ3v) is 4.01. The van der Waals surface area contributed by atoms with Gasteiger partial charge in [0.05, 0.1) is 24.8 Å². The average Bonchev–Trinajstić information content (AvgIpc) is 2.54. The van der Waals surface area contributed by atoms with Gasteiger partial charge in [0.2, 0.25) is 0 Å². The van der Waals surface area contributed by atoms with Crippen molar-refractivity contribution in [2.24, 2.45) is 0 Å². The average molecular weight is 292 g/mol. The summed E-state index contributed by atoms with van der Waals surface area (Å²) in [7, 11) is 1.68. The molecule has 5 heteroatoms. The molecule has 2 amide bonds. The van der Waals surface area contributed by atoms with Gasteiger partial charge in [-0.1, -0.05) is 43.2 Å². The molecule has 0 radical (unpaired) electrons. The van der Waals surface area contributed by atoms with Crippen molar-refractivity contribution in [1.29, 1.82) is 0 Å². The van der Waals surface area contributed by atoms with Crippen molar-refractivity contribution < 1.29 is 14.6 Å². The minimum atomic E-state index is -0.393. The van der Waals surface area contributed by atoms with E-state index in [4.69, 9.17) is 4.74 Å². The standard InChI is InChI=1S/C16H24N2O3/c1-21-15-10-6-5-9-13(15)17-16(20)18-14(11-19)12-7-3-2-4-8-12/h2-4,7-8,13-15,19H,5-6,9-11H2,1H3,(H2,17,18,20)/t13-,14-,15+/m0/s1. The molecule has 0 saturated heterocycles. The molecule has 1 aliphatic carbocycles. The first-order valence-corrected chi connectivity index (χ1v) is 7.50. The van der Waals surface area contributed by atoms with Gasteiger partial charge in [-0.25, -0.2) is 4.79 Å². The maximum atomic E-state index is 12.1. The summed E-state index contributed by atoms with van der Waals surface area (Å²) in [5.74, 6) is 0. The van der Waals surface area contributed by atoms with Crippen molar-refractivity contribution >= 4 is 6.03 Å². The third-order valence-electron chi connectivity index (χ3n) is 4.01. The van der Waals surface area contributed by atoms with Crippen LogP contribution in [0.5, 0.6) is 0 Å². The van der Waals surface area contributed by atoms with Crippen LogP contribution in [0.1, 0.15) is 37.3 Å². The highest BCUT2D eigenvalue weighted by Gasteiger charge is 2.26. The van der Waals surface area contributed by atoms with E-state index in [1.807, 2.05) is 30.3 Å². The van der Waals surface area contributed by atoms with Gasteiger partial charge in [0.15, 0.2) is 0 Å². The Labute approximate surface area is 125 Å². The molecular formula is C16H24N2O3. The molecule has 3 N–H and O–H groups in total. The van der Waals surface area contributed by atoms with E-state index in [9.17, 15) is 9.90 Å². The highest BCUT2D eigenvalue weighted by atomic mass is 16.5. The first-order chi connectivity index (χ1) is 10.2. The lowest BCUT2D eigenvalue weighted by molar-refractivity contribution is 0.0449. The van der Waals surface area contributed by atoms with Crippen LogP contribution in [0.25, 0.3) is 0 Å². The molecular weight excluding hydrogens is 268 g/mol. The molecule has 0 spiro atoms. The SMILES string of the molecule is CO[C@@H]1CCCC[C@@H]1NC(=O)N[C@@H](CO)c1ccccc1. The number of carbonyl (C=O) groups is 1. The van der Waals surface area contributed by atoms with Gasteiger partial charge in [-0.15, -0.1) is 0 Å². The van der Waals surface area contributed by atoms with Gasteiger partial charge >= 0.3 is 6.03 Å². The van der Waals surface area contributed by atoms with Crippen LogP contribution in [0.2, 0.25) is 0 Å². The summed E-state index contributed by atoms with van der Waals surface area (Å²) in [6.07, 6.45) is 4.23. The Kier molecular flexibility index (Phi) is 6.02. The molecule has 1 aliphatic rings. The number of nitrogens with one attached hydrogen (secondary N) is 2. The number of urea groups is 1. The maximum absolute atomic E-state index is 12.1. The van der Waals surface area contributed by atoms with Crippen LogP contribution in [0.15, 0.2) is 30.3 Å². The van der Waals surface area contributed by atoms with Crippen molar-refractivity contribution in [2.45, 2.75) is 43.9 Å². The van der Waals surface area contributed by atoms with Crippen LogP contribution < -0.4 is 10.6 Å². The van der Waals surface area contributed by atoms with Gasteiger partial charge in [0, 0.05) is 7.11 Å². The number of aliphatic hydroxyl groups is 1. The molecule has 1 aromatic carbocycles. The molecule has 5 nitrogen and oxygen atoms in total. The van der Waals surface area contributed by atoms with Crippen LogP contribution in [0.4, 0.5) is 4.79 Å². The Bertz CT molecular complexity index is 438. The van der Waals surface area contributed by atoms with Crippen molar-refractivity contribution in [2.75, 3.05) is 13.7 Å². The molecule has 21 heavy (non-hydrogen) atoms. The van der Waals surface area contributed by atoms with Crippen LogP contribution in [0.3, 0.4) is 0 Å². The lowest BCUT2D eigenvalue weighted by atomic mass is 9.92. The van der Waals surface area contributed by atoms with Crippen molar-refractivity contribution in [3.05, 3.63) is 35.9 Å². The maximum Gasteiger partial charge on any atom is 0.315 e. The number of ether oxygens (including phenoxy) is 1. The highest BCUT2D eigenvalue weighted by Crippen LogP contribution is 2.21. The lowest BCUT2D eigenvalue weighted by Gasteiger charge is -2.31. The Morgan fingerprint density at radius 2 is 2.05 bits per heavy atom. The molecule has 0 unspecified atom stereocenters. The summed E-state index contributed by atoms with van der Waals surface area (Å²) in [5.41, 5.74) is 0.891. The zero-order valence-corrected chi connectivity index (χ0v) is 12.4. The number of hydrogen-bond acceptors (Lipinski definition) is 3. The normalized spacial score (nSPS) is 23.3. The predicted molar refractivity (Wildman–Crippen MR) is 81.0 cm³/mol. The third kappa shape index (κ3) is 4.44. The van der Waals surface area contributed by atoms with Gasteiger partial charge in [-0.05, 0) is 18.4 Å². The van der Waals surface area contributed by atoms with Crippen molar-refractivity contribution in [3.63, 3.8) is 0 Å². The van der Waals surface area contributed by atoms with Crippen molar-refractivity contribution in [1.82, 2.24) is 10.6 Å². The molecule has 0 aliphatic heterocycles. The van der Waals surface area contributed by atoms with E-state index >= 15 is 0 Å². The molecule has 3 atom stereocenters. The van der Waals surface area contributed by atoms with E-state index in [1.54, 1.807) is 7.11 Å². The minimum Gasteiger partial charge on any atom is -0.394 e. The minimum absolute atomic E-state index is 0.0406. The molecule has 0 heterocycles. The number of carbonyl (C=O) groups excluding carboxylic acids is 1. The Morgan fingerprint density at radius 3 is 2.71 bits per heavy atom. The fourth-order valence-corrected chi connectivity index (χ4v) is 2.83. The Morgan fingerprint density at radius 1 is 1.33 bits per heavy atom. The van der Waals surface area contributed by atoms with Gasteiger partial charge in [-0.3, -0.25) is 0 Å². The summed E-state index contributed by atoms with van der Waals surface area (Å²) < 4.78 is 5.43. The van der Waals surface area contributed by atoms with Gasteiger partial charge in [0.1, 0.15) is 0 Å². The second kappa shape index (κ2) is 8.00. The first kappa shape index (κ1) is 15.8. The molecule has 0 aromatic heterocycles. The zero-order valence-electron chi connectivity index (χ0n) is 12.4. The van der Waals surface area contributed by atoms with E-state index in [-0.39, 0.29) is 24.8 Å². The van der Waals surface area contributed by atoms with E-state index in [0.717, 1.165) is 31.2 Å². The number of hydrogen-bond donors (Lipinski definition) is 3. The fraction of sp³-hybridized carbons (Fsp3) is 0.562. The quantitative estimate of drug-likeness (QED) is 0.777. The molecule has 1 fully saturated rings. The number of benzene rings is 1. The van der Waals surface area contributed by atoms with Gasteiger partial charge < -0.3 is 20.5 Å². The number of methoxy groups -OCH3 is 1. The molecule has 1 aromatic rings. The molecule has 0 bridgehead atoms. The highest BCUT2D eigenvalue weighted by molar-refractivity contribution is 5.74. The van der Waals surface area contributed by atoms with E-state index in [2.05, 4.69) is 10.6 Å². The number of rotatable bonds is 5. The van der Waals surface area contributed by atoms with Crippen LogP contribution in [-0.2, 0) is 4.74 Å². The van der Waals surface area contributed by atoms with Gasteiger partial charge in [0.25, 0.3) is 0 Å².